The maximum atomic E-state index is 10.2. The van der Waals surface area contributed by atoms with Gasteiger partial charge in [-0.25, -0.2) is 4.72 Å². The Balaban J connectivity index is -0.000000172. The molecule has 0 spiro atoms. The van der Waals surface area contributed by atoms with Crippen molar-refractivity contribution in [1.29, 1.82) is 0 Å². The van der Waals surface area contributed by atoms with Crippen molar-refractivity contribution in [3.63, 3.8) is 0 Å². The van der Waals surface area contributed by atoms with Crippen LogP contribution in [0.3, 0.4) is 0 Å². The second-order valence-corrected chi connectivity index (χ2v) is 6.26. The van der Waals surface area contributed by atoms with Gasteiger partial charge in [-0.15, -0.1) is 0 Å². The molecule has 0 heterocycles. The largest absolute Gasteiger partial charge is 1.00 e. The molecular formula is C16H34KNO6S. The van der Waals surface area contributed by atoms with Crippen molar-refractivity contribution >= 4 is 22.2 Å². The minimum atomic E-state index is -4.32. The number of hydrogen-bond acceptors (Lipinski definition) is 4. The van der Waals surface area contributed by atoms with Crippen LogP contribution in [0.1, 0.15) is 85.0 Å². The Labute approximate surface area is 196 Å². The number of aliphatic carboxylic acids is 1. The first-order chi connectivity index (χ1) is 11.2. The number of carbonyl (C=O) groups is 2. The first kappa shape index (κ1) is 33.1. The Bertz CT molecular complexity index is 401. The molecule has 0 aliphatic rings. The number of nitrogens with one attached hydrogen (secondary N) is 1. The summed E-state index contributed by atoms with van der Waals surface area (Å²) >= 11 is 0. The predicted octanol–water partition coefficient (Wildman–Crippen LogP) is 0.762. The Kier molecular flexibility index (Phi) is 32.4. The van der Waals surface area contributed by atoms with E-state index < -0.39 is 22.2 Å². The van der Waals surface area contributed by atoms with E-state index in [4.69, 9.17) is 9.66 Å². The molecular weight excluding hydrogens is 373 g/mol. The molecule has 0 saturated heterocycles. The summed E-state index contributed by atoms with van der Waals surface area (Å²) in [6, 6.07) is 0. The van der Waals surface area contributed by atoms with Gasteiger partial charge < -0.3 is 12.0 Å². The minimum absolute atomic E-state index is 0. The van der Waals surface area contributed by atoms with Crippen LogP contribution < -0.4 is 56.1 Å². The normalized spacial score (nSPS) is 9.48. The monoisotopic (exact) mass is 407 g/mol. The number of hydrogen-bond donors (Lipinski definition) is 3. The number of unbranched alkanes of at least 4 members (excludes halogenated alkanes) is 8. The molecule has 0 saturated carbocycles. The average molecular weight is 408 g/mol. The Hall–Kier alpha value is 0.486. The van der Waals surface area contributed by atoms with Gasteiger partial charge in [-0.2, -0.15) is 15.3 Å². The van der Waals surface area contributed by atoms with E-state index in [-0.39, 0.29) is 51.4 Å². The van der Waals surface area contributed by atoms with Crippen LogP contribution in [-0.4, -0.2) is 30.0 Å². The van der Waals surface area contributed by atoms with Crippen molar-refractivity contribution in [2.75, 3.05) is 0 Å². The van der Waals surface area contributed by atoms with Gasteiger partial charge in [-0.05, 0) is 6.42 Å². The molecule has 0 aromatic rings. The van der Waals surface area contributed by atoms with E-state index in [1.807, 2.05) is 0 Å². The summed E-state index contributed by atoms with van der Waals surface area (Å²) in [7, 11) is -4.32. The maximum Gasteiger partial charge on any atom is 1.00 e. The number of rotatable bonds is 11. The molecule has 7 nitrogen and oxygen atoms in total. The van der Waals surface area contributed by atoms with Crippen molar-refractivity contribution in [3.8, 4) is 0 Å². The van der Waals surface area contributed by atoms with Crippen LogP contribution in [0.15, 0.2) is 0 Å². The molecule has 25 heavy (non-hydrogen) atoms. The van der Waals surface area contributed by atoms with Crippen LogP contribution in [0.4, 0.5) is 0 Å². The molecule has 0 atom stereocenters. The van der Waals surface area contributed by atoms with Crippen LogP contribution >= 0.6 is 0 Å². The molecule has 0 unspecified atom stereocenters. The molecule has 0 fully saturated rings. The average Bonchev–Trinajstić information content (AvgIpc) is 2.45. The van der Waals surface area contributed by atoms with Gasteiger partial charge >= 0.3 is 67.7 Å². The van der Waals surface area contributed by atoms with Crippen LogP contribution in [0.25, 0.3) is 0 Å². The second-order valence-electron chi connectivity index (χ2n) is 5.11. The zero-order valence-electron chi connectivity index (χ0n) is 16.2. The molecule has 0 radical (unpaired) electrons. The maximum absolute atomic E-state index is 10.2. The van der Waals surface area contributed by atoms with Crippen molar-refractivity contribution < 1.29 is 79.1 Å². The summed E-state index contributed by atoms with van der Waals surface area (Å²) in [5, 5.41) is 8.41. The third-order valence-electron chi connectivity index (χ3n) is 2.77. The summed E-state index contributed by atoms with van der Waals surface area (Å²) in [5.74, 6) is -1.47. The fraction of sp³-hybridized carbons (Fsp3) is 0.812. The number of carbonyl (C=O) groups excluding carboxylic acids is 1. The van der Waals surface area contributed by atoms with Crippen LogP contribution in [0.2, 0.25) is 0 Å². The standard InChI is InChI=1S/C12H24O2.C2H5NO4S.C2H5.K/c1-2-3-4-5-6-7-8-9-10-11-12(13)14;1-2(4)3-8(5,6)7;1-2;/h2-11H2,1H3,(H,13,14);1H3,(H,3,4)(H,5,6,7);1H2,2H3;/q;;-1;+1. The van der Waals surface area contributed by atoms with Gasteiger partial charge in [0.15, 0.2) is 0 Å². The van der Waals surface area contributed by atoms with E-state index in [0.29, 0.717) is 6.42 Å². The van der Waals surface area contributed by atoms with Crippen LogP contribution in [0.5, 0.6) is 0 Å². The third kappa shape index (κ3) is 45.6. The number of carboxylic acids is 1. The molecule has 0 aromatic heterocycles. The molecule has 0 aliphatic carbocycles. The zero-order chi connectivity index (χ0) is 19.4. The quantitative estimate of drug-likeness (QED) is 0.201. The molecule has 146 valence electrons. The van der Waals surface area contributed by atoms with Crippen LogP contribution in [-0.2, 0) is 19.9 Å². The molecule has 9 heteroatoms. The molecule has 0 bridgehead atoms. The minimum Gasteiger partial charge on any atom is -0.481 e. The Morgan fingerprint density at radius 3 is 1.52 bits per heavy atom. The van der Waals surface area contributed by atoms with Crippen molar-refractivity contribution in [2.45, 2.75) is 85.0 Å². The van der Waals surface area contributed by atoms with Gasteiger partial charge in [0.05, 0.1) is 0 Å². The Morgan fingerprint density at radius 2 is 1.28 bits per heavy atom. The van der Waals surface area contributed by atoms with E-state index >= 15 is 0 Å². The van der Waals surface area contributed by atoms with Crippen molar-refractivity contribution in [3.05, 3.63) is 6.92 Å². The Morgan fingerprint density at radius 1 is 0.920 bits per heavy atom. The van der Waals surface area contributed by atoms with E-state index in [2.05, 4.69) is 13.8 Å². The van der Waals surface area contributed by atoms with Crippen molar-refractivity contribution in [1.82, 2.24) is 4.72 Å². The number of carboxylic acid groups (broad SMARTS) is 1. The summed E-state index contributed by atoms with van der Waals surface area (Å²) < 4.78 is 28.4. The molecule has 0 aliphatic heterocycles. The van der Waals surface area contributed by atoms with Gasteiger partial charge in [0.1, 0.15) is 0 Å². The zero-order valence-corrected chi connectivity index (χ0v) is 20.2. The first-order valence-electron chi connectivity index (χ1n) is 8.37. The summed E-state index contributed by atoms with van der Waals surface area (Å²) in [6.07, 6.45) is 11.5. The molecule has 1 amide bonds. The van der Waals surface area contributed by atoms with E-state index in [1.54, 1.807) is 6.92 Å². The fourth-order valence-electron chi connectivity index (χ4n) is 1.77. The first-order valence-corrected chi connectivity index (χ1v) is 9.81. The van der Waals surface area contributed by atoms with Gasteiger partial charge in [-0.1, -0.05) is 58.3 Å². The van der Waals surface area contributed by atoms with E-state index in [0.717, 1.165) is 19.8 Å². The van der Waals surface area contributed by atoms with E-state index in [9.17, 15) is 18.0 Å². The SMILES string of the molecule is CC(=O)NS(=O)(=O)O.CCCCCCCCCCCC(=O)O.[CH2-]C.[K+]. The summed E-state index contributed by atoms with van der Waals surface area (Å²) in [4.78, 5) is 20.0. The van der Waals surface area contributed by atoms with Gasteiger partial charge in [0.2, 0.25) is 5.91 Å². The smallest absolute Gasteiger partial charge is 0.481 e. The summed E-state index contributed by atoms with van der Waals surface area (Å²) in [6.45, 7) is 8.21. The molecule has 0 aromatic carbocycles. The predicted molar refractivity (Wildman–Crippen MR) is 95.9 cm³/mol. The fourth-order valence-corrected chi connectivity index (χ4v) is 2.13. The van der Waals surface area contributed by atoms with Gasteiger partial charge in [0, 0.05) is 13.3 Å². The summed E-state index contributed by atoms with van der Waals surface area (Å²) in [5.41, 5.74) is 0. The van der Waals surface area contributed by atoms with Gasteiger partial charge in [-0.3, -0.25) is 14.1 Å². The van der Waals surface area contributed by atoms with Crippen molar-refractivity contribution in [2.24, 2.45) is 0 Å². The molecule has 3 N–H and O–H groups in total. The van der Waals surface area contributed by atoms with Gasteiger partial charge in [0.25, 0.3) is 0 Å². The number of amides is 1. The van der Waals surface area contributed by atoms with Crippen LogP contribution in [0, 0.1) is 6.92 Å². The van der Waals surface area contributed by atoms with E-state index in [1.165, 1.54) is 49.7 Å². The molecule has 0 rings (SSSR count). The second kappa shape index (κ2) is 24.5. The topological polar surface area (TPSA) is 121 Å². The third-order valence-corrected chi connectivity index (χ3v) is 3.31.